The normalized spacial score (nSPS) is 10.1. The lowest BCUT2D eigenvalue weighted by molar-refractivity contribution is 0.0783. The number of amides is 2. The van der Waals surface area contributed by atoms with E-state index in [4.69, 9.17) is 0 Å². The second kappa shape index (κ2) is 6.71. The monoisotopic (exact) mass is 299 g/mol. The van der Waals surface area contributed by atoms with Crippen LogP contribution in [0.5, 0.6) is 0 Å². The van der Waals surface area contributed by atoms with Crippen LogP contribution in [0.4, 0.5) is 0 Å². The van der Waals surface area contributed by atoms with Gasteiger partial charge in [0.05, 0.1) is 0 Å². The van der Waals surface area contributed by atoms with Gasteiger partial charge in [0.1, 0.15) is 5.56 Å². The van der Waals surface area contributed by atoms with Crippen molar-refractivity contribution in [3.05, 3.63) is 69.6 Å². The number of pyridine rings is 1. The summed E-state index contributed by atoms with van der Waals surface area (Å²) in [6.45, 7) is 0.348. The molecular formula is C16H17N3O3. The van der Waals surface area contributed by atoms with Gasteiger partial charge in [-0.3, -0.25) is 14.4 Å². The minimum atomic E-state index is -0.408. The Hall–Kier alpha value is -2.89. The number of hydrogen-bond donors (Lipinski definition) is 2. The van der Waals surface area contributed by atoms with Crippen molar-refractivity contribution in [1.82, 2.24) is 15.2 Å². The van der Waals surface area contributed by atoms with Crippen molar-refractivity contribution in [1.29, 1.82) is 0 Å². The van der Waals surface area contributed by atoms with E-state index in [2.05, 4.69) is 10.3 Å². The Morgan fingerprint density at radius 1 is 1.18 bits per heavy atom. The van der Waals surface area contributed by atoms with E-state index < -0.39 is 5.56 Å². The van der Waals surface area contributed by atoms with Gasteiger partial charge < -0.3 is 15.2 Å². The molecule has 0 saturated carbocycles. The number of H-pyrrole nitrogens is 1. The Morgan fingerprint density at radius 2 is 1.86 bits per heavy atom. The van der Waals surface area contributed by atoms with Crippen LogP contribution in [0.1, 0.15) is 26.3 Å². The van der Waals surface area contributed by atoms with Gasteiger partial charge in [0.15, 0.2) is 0 Å². The predicted molar refractivity (Wildman–Crippen MR) is 82.7 cm³/mol. The molecule has 1 aromatic heterocycles. The molecule has 1 heterocycles. The van der Waals surface area contributed by atoms with Crippen LogP contribution in [-0.2, 0) is 6.54 Å². The quantitative estimate of drug-likeness (QED) is 0.884. The summed E-state index contributed by atoms with van der Waals surface area (Å²) in [5.41, 5.74) is 1.12. The topological polar surface area (TPSA) is 82.3 Å². The third-order valence-electron chi connectivity index (χ3n) is 3.26. The average Bonchev–Trinajstić information content (AvgIpc) is 2.54. The minimum Gasteiger partial charge on any atom is -0.355 e. The van der Waals surface area contributed by atoms with Crippen molar-refractivity contribution < 1.29 is 9.59 Å². The third kappa shape index (κ3) is 3.41. The molecular weight excluding hydrogens is 282 g/mol. The molecule has 0 radical (unpaired) electrons. The first-order valence-electron chi connectivity index (χ1n) is 6.77. The van der Waals surface area contributed by atoms with Crippen LogP contribution in [0.3, 0.4) is 0 Å². The van der Waals surface area contributed by atoms with Crippen molar-refractivity contribution in [2.24, 2.45) is 0 Å². The maximum atomic E-state index is 12.2. The number of hydrogen-bond acceptors (Lipinski definition) is 3. The lowest BCUT2D eigenvalue weighted by Crippen LogP contribution is -2.31. The highest BCUT2D eigenvalue weighted by atomic mass is 16.2. The van der Waals surface area contributed by atoms with E-state index in [1.54, 1.807) is 44.4 Å². The standard InChI is InChI=1S/C16H17N3O3/c1-17-14(20)12-7-5-11(6-8-12)10-19(2)16(22)13-4-3-9-18-15(13)21/h3-9H,10H2,1-2H3,(H,17,20)(H,18,21). The molecule has 2 aromatic rings. The van der Waals surface area contributed by atoms with Crippen molar-refractivity contribution in [3.63, 3.8) is 0 Å². The molecule has 2 N–H and O–H groups in total. The van der Waals surface area contributed by atoms with Crippen LogP contribution in [0, 0.1) is 0 Å². The minimum absolute atomic E-state index is 0.104. The molecule has 0 bridgehead atoms. The molecule has 22 heavy (non-hydrogen) atoms. The molecule has 0 saturated heterocycles. The molecule has 0 aliphatic heterocycles. The summed E-state index contributed by atoms with van der Waals surface area (Å²) in [6, 6.07) is 10.1. The van der Waals surface area contributed by atoms with E-state index in [9.17, 15) is 14.4 Å². The van der Waals surface area contributed by atoms with Crippen LogP contribution >= 0.6 is 0 Å². The van der Waals surface area contributed by atoms with Crippen molar-refractivity contribution in [3.8, 4) is 0 Å². The predicted octanol–water partition coefficient (Wildman–Crippen LogP) is 1.01. The zero-order chi connectivity index (χ0) is 16.1. The van der Waals surface area contributed by atoms with Gasteiger partial charge in [0.2, 0.25) is 0 Å². The Bertz CT molecular complexity index is 735. The van der Waals surface area contributed by atoms with Gasteiger partial charge in [-0.1, -0.05) is 12.1 Å². The molecule has 0 aliphatic rings. The Labute approximate surface area is 127 Å². The number of carbonyl (C=O) groups excluding carboxylic acids is 2. The van der Waals surface area contributed by atoms with Gasteiger partial charge in [-0.25, -0.2) is 0 Å². The molecule has 0 atom stereocenters. The van der Waals surface area contributed by atoms with Crippen molar-refractivity contribution >= 4 is 11.8 Å². The molecule has 0 unspecified atom stereocenters. The fourth-order valence-electron chi connectivity index (χ4n) is 2.05. The molecule has 6 heteroatoms. The van der Waals surface area contributed by atoms with E-state index in [-0.39, 0.29) is 17.4 Å². The molecule has 0 fully saturated rings. The second-order valence-corrected chi connectivity index (χ2v) is 4.85. The van der Waals surface area contributed by atoms with Gasteiger partial charge >= 0.3 is 0 Å². The number of aromatic amines is 1. The highest BCUT2D eigenvalue weighted by Crippen LogP contribution is 2.08. The first-order valence-corrected chi connectivity index (χ1v) is 6.77. The number of nitrogens with one attached hydrogen (secondary N) is 2. The highest BCUT2D eigenvalue weighted by Gasteiger charge is 2.15. The SMILES string of the molecule is CNC(=O)c1ccc(CN(C)C(=O)c2ccc[nH]c2=O)cc1. The largest absolute Gasteiger partial charge is 0.355 e. The van der Waals surface area contributed by atoms with Gasteiger partial charge in [0.25, 0.3) is 17.4 Å². The Balaban J connectivity index is 2.10. The molecule has 2 amide bonds. The zero-order valence-corrected chi connectivity index (χ0v) is 12.4. The zero-order valence-electron chi connectivity index (χ0n) is 12.4. The van der Waals surface area contributed by atoms with Crippen LogP contribution in [0.25, 0.3) is 0 Å². The molecule has 2 rings (SSSR count). The molecule has 0 aliphatic carbocycles. The van der Waals surface area contributed by atoms with E-state index >= 15 is 0 Å². The maximum absolute atomic E-state index is 12.2. The van der Waals surface area contributed by atoms with Crippen LogP contribution < -0.4 is 10.9 Å². The van der Waals surface area contributed by atoms with E-state index in [1.165, 1.54) is 17.2 Å². The third-order valence-corrected chi connectivity index (χ3v) is 3.26. The molecule has 0 spiro atoms. The molecule has 6 nitrogen and oxygen atoms in total. The smallest absolute Gasteiger partial charge is 0.260 e. The fourth-order valence-corrected chi connectivity index (χ4v) is 2.05. The summed E-state index contributed by atoms with van der Waals surface area (Å²) in [7, 11) is 3.20. The maximum Gasteiger partial charge on any atom is 0.260 e. The number of aromatic nitrogens is 1. The van der Waals surface area contributed by atoms with Crippen molar-refractivity contribution in [2.45, 2.75) is 6.54 Å². The fraction of sp³-hybridized carbons (Fsp3) is 0.188. The van der Waals surface area contributed by atoms with Crippen molar-refractivity contribution in [2.75, 3.05) is 14.1 Å². The first-order chi connectivity index (χ1) is 10.5. The number of nitrogens with zero attached hydrogens (tertiary/aromatic N) is 1. The summed E-state index contributed by atoms with van der Waals surface area (Å²) in [6.07, 6.45) is 1.48. The van der Waals surface area contributed by atoms with E-state index in [1.807, 2.05) is 0 Å². The summed E-state index contributed by atoms with van der Waals surface area (Å²) >= 11 is 0. The van der Waals surface area contributed by atoms with E-state index in [0.717, 1.165) is 5.56 Å². The number of rotatable bonds is 4. The highest BCUT2D eigenvalue weighted by molar-refractivity contribution is 5.94. The van der Waals surface area contributed by atoms with Crippen LogP contribution in [0.15, 0.2) is 47.4 Å². The van der Waals surface area contributed by atoms with E-state index in [0.29, 0.717) is 12.1 Å². The van der Waals surface area contributed by atoms with Gasteiger partial charge in [-0.2, -0.15) is 0 Å². The van der Waals surface area contributed by atoms with Crippen LogP contribution in [0.2, 0.25) is 0 Å². The van der Waals surface area contributed by atoms with Gasteiger partial charge in [-0.05, 0) is 29.8 Å². The lowest BCUT2D eigenvalue weighted by atomic mass is 10.1. The Kier molecular flexibility index (Phi) is 4.73. The lowest BCUT2D eigenvalue weighted by Gasteiger charge is -2.17. The summed E-state index contributed by atoms with van der Waals surface area (Å²) in [4.78, 5) is 39.3. The first kappa shape index (κ1) is 15.5. The summed E-state index contributed by atoms with van der Waals surface area (Å²) in [5.74, 6) is -0.510. The molecule has 114 valence electrons. The average molecular weight is 299 g/mol. The number of benzene rings is 1. The van der Waals surface area contributed by atoms with Crippen LogP contribution in [-0.4, -0.2) is 35.8 Å². The summed E-state index contributed by atoms with van der Waals surface area (Å²) in [5, 5.41) is 2.55. The molecule has 1 aromatic carbocycles. The Morgan fingerprint density at radius 3 is 2.45 bits per heavy atom. The summed E-state index contributed by atoms with van der Waals surface area (Å²) < 4.78 is 0. The number of carbonyl (C=O) groups is 2. The van der Waals surface area contributed by atoms with Gasteiger partial charge in [0, 0.05) is 32.4 Å². The second-order valence-electron chi connectivity index (χ2n) is 4.85. The van der Waals surface area contributed by atoms with Gasteiger partial charge in [-0.15, -0.1) is 0 Å².